The van der Waals surface area contributed by atoms with Crippen LogP contribution in [0.3, 0.4) is 0 Å². The second-order valence-corrected chi connectivity index (χ2v) is 5.79. The van der Waals surface area contributed by atoms with Crippen molar-refractivity contribution >= 4 is 27.3 Å². The first kappa shape index (κ1) is 12.6. The normalized spacial score (nSPS) is 12.6. The Labute approximate surface area is 113 Å². The third-order valence-corrected chi connectivity index (χ3v) is 4.16. The fraction of sp³-hybridized carbons (Fsp3) is 0.231. The fourth-order valence-electron chi connectivity index (χ4n) is 1.60. The van der Waals surface area contributed by atoms with E-state index in [1.165, 1.54) is 4.88 Å². The van der Waals surface area contributed by atoms with E-state index in [1.807, 2.05) is 12.1 Å². The van der Waals surface area contributed by atoms with Gasteiger partial charge in [0.1, 0.15) is 5.75 Å². The van der Waals surface area contributed by atoms with E-state index in [0.29, 0.717) is 18.3 Å². The summed E-state index contributed by atoms with van der Waals surface area (Å²) >= 11 is 5.14. The molecule has 2 rings (SSSR count). The molecule has 1 aromatic heterocycles. The number of hydrogen-bond donors (Lipinski definition) is 2. The molecule has 0 aliphatic carbocycles. The zero-order valence-electron chi connectivity index (χ0n) is 9.48. The van der Waals surface area contributed by atoms with Crippen molar-refractivity contribution in [2.75, 3.05) is 0 Å². The standard InChI is InChI=1S/C13H14BrNOS/c1-9(13-3-2-6-17-13)15-8-10-7-11(14)4-5-12(10)16/h2-7,9,15-16H,8H2,1H3. The Balaban J connectivity index is 2.00. The Kier molecular flexibility index (Phi) is 4.20. The van der Waals surface area contributed by atoms with Crippen LogP contribution in [0, 0.1) is 0 Å². The van der Waals surface area contributed by atoms with E-state index in [9.17, 15) is 5.11 Å². The molecule has 2 N–H and O–H groups in total. The van der Waals surface area contributed by atoms with E-state index in [-0.39, 0.29) is 0 Å². The van der Waals surface area contributed by atoms with Crippen LogP contribution in [0.1, 0.15) is 23.4 Å². The Bertz CT molecular complexity index is 484. The van der Waals surface area contributed by atoms with Gasteiger partial charge in [0.05, 0.1) is 0 Å². The van der Waals surface area contributed by atoms with Crippen LogP contribution in [0.15, 0.2) is 40.2 Å². The van der Waals surface area contributed by atoms with Crippen LogP contribution in [-0.2, 0) is 6.54 Å². The number of halogens is 1. The van der Waals surface area contributed by atoms with Crippen molar-refractivity contribution < 1.29 is 5.11 Å². The fourth-order valence-corrected chi connectivity index (χ4v) is 2.76. The topological polar surface area (TPSA) is 32.3 Å². The third-order valence-electron chi connectivity index (χ3n) is 2.61. The molecule has 0 saturated carbocycles. The lowest BCUT2D eigenvalue weighted by Crippen LogP contribution is -2.17. The lowest BCUT2D eigenvalue weighted by atomic mass is 10.2. The maximum atomic E-state index is 9.72. The van der Waals surface area contributed by atoms with Crippen molar-refractivity contribution in [3.8, 4) is 5.75 Å². The molecule has 0 amide bonds. The molecule has 0 spiro atoms. The van der Waals surface area contributed by atoms with E-state index in [1.54, 1.807) is 17.4 Å². The Morgan fingerprint density at radius 2 is 2.24 bits per heavy atom. The van der Waals surface area contributed by atoms with Crippen LogP contribution < -0.4 is 5.32 Å². The molecule has 2 aromatic rings. The summed E-state index contributed by atoms with van der Waals surface area (Å²) in [6.45, 7) is 2.78. The second-order valence-electron chi connectivity index (χ2n) is 3.89. The molecule has 0 aliphatic heterocycles. The van der Waals surface area contributed by atoms with Crippen molar-refractivity contribution in [3.63, 3.8) is 0 Å². The highest BCUT2D eigenvalue weighted by molar-refractivity contribution is 9.10. The van der Waals surface area contributed by atoms with Gasteiger partial charge in [0.2, 0.25) is 0 Å². The molecule has 4 heteroatoms. The first-order chi connectivity index (χ1) is 8.16. The van der Waals surface area contributed by atoms with Gasteiger partial charge < -0.3 is 10.4 Å². The highest BCUT2D eigenvalue weighted by Gasteiger charge is 2.07. The van der Waals surface area contributed by atoms with Crippen LogP contribution in [0.25, 0.3) is 0 Å². The van der Waals surface area contributed by atoms with Crippen molar-refractivity contribution in [2.45, 2.75) is 19.5 Å². The average molecular weight is 312 g/mol. The summed E-state index contributed by atoms with van der Waals surface area (Å²) in [5.74, 6) is 0.332. The first-order valence-corrected chi connectivity index (χ1v) is 7.08. The zero-order valence-corrected chi connectivity index (χ0v) is 11.9. The molecule has 0 fully saturated rings. The van der Waals surface area contributed by atoms with E-state index >= 15 is 0 Å². The van der Waals surface area contributed by atoms with Crippen LogP contribution in [-0.4, -0.2) is 5.11 Å². The number of phenols is 1. The van der Waals surface area contributed by atoms with Crippen LogP contribution in [0.5, 0.6) is 5.75 Å². The van der Waals surface area contributed by atoms with Crippen molar-refractivity contribution in [3.05, 3.63) is 50.6 Å². The van der Waals surface area contributed by atoms with Crippen molar-refractivity contribution in [2.24, 2.45) is 0 Å². The van der Waals surface area contributed by atoms with E-state index in [0.717, 1.165) is 10.0 Å². The molecular formula is C13H14BrNOS. The molecular weight excluding hydrogens is 298 g/mol. The monoisotopic (exact) mass is 311 g/mol. The van der Waals surface area contributed by atoms with Gasteiger partial charge in [-0.1, -0.05) is 22.0 Å². The summed E-state index contributed by atoms with van der Waals surface area (Å²) in [5.41, 5.74) is 0.905. The number of hydrogen-bond acceptors (Lipinski definition) is 3. The van der Waals surface area contributed by atoms with Gasteiger partial charge in [-0.2, -0.15) is 0 Å². The van der Waals surface area contributed by atoms with Gasteiger partial charge in [0.15, 0.2) is 0 Å². The van der Waals surface area contributed by atoms with Gasteiger partial charge in [0.25, 0.3) is 0 Å². The number of nitrogens with one attached hydrogen (secondary N) is 1. The summed E-state index contributed by atoms with van der Waals surface area (Å²) < 4.78 is 0.982. The number of aromatic hydroxyl groups is 1. The molecule has 1 unspecified atom stereocenters. The molecule has 90 valence electrons. The zero-order chi connectivity index (χ0) is 12.3. The van der Waals surface area contributed by atoms with Crippen LogP contribution >= 0.6 is 27.3 Å². The molecule has 0 aliphatic rings. The lowest BCUT2D eigenvalue weighted by Gasteiger charge is -2.13. The predicted molar refractivity (Wildman–Crippen MR) is 75.4 cm³/mol. The van der Waals surface area contributed by atoms with E-state index < -0.39 is 0 Å². The predicted octanol–water partition coefficient (Wildman–Crippen LogP) is 4.07. The second kappa shape index (κ2) is 5.67. The largest absolute Gasteiger partial charge is 0.508 e. The molecule has 2 nitrogen and oxygen atoms in total. The maximum absolute atomic E-state index is 9.72. The van der Waals surface area contributed by atoms with Gasteiger partial charge in [-0.25, -0.2) is 0 Å². The summed E-state index contributed by atoms with van der Waals surface area (Å²) in [6.07, 6.45) is 0. The minimum Gasteiger partial charge on any atom is -0.508 e. The smallest absolute Gasteiger partial charge is 0.120 e. The minimum absolute atomic E-state index is 0.299. The minimum atomic E-state index is 0.299. The summed E-state index contributed by atoms with van der Waals surface area (Å²) in [7, 11) is 0. The van der Waals surface area contributed by atoms with Gasteiger partial charge in [-0.05, 0) is 36.6 Å². The number of benzene rings is 1. The van der Waals surface area contributed by atoms with Gasteiger partial charge in [-0.3, -0.25) is 0 Å². The highest BCUT2D eigenvalue weighted by Crippen LogP contribution is 2.23. The average Bonchev–Trinajstić information content (AvgIpc) is 2.83. The molecule has 0 bridgehead atoms. The quantitative estimate of drug-likeness (QED) is 0.892. The van der Waals surface area contributed by atoms with Gasteiger partial charge in [0, 0.05) is 27.5 Å². The highest BCUT2D eigenvalue weighted by atomic mass is 79.9. The number of rotatable bonds is 4. The molecule has 1 aromatic carbocycles. The number of thiophene rings is 1. The van der Waals surface area contributed by atoms with Crippen LogP contribution in [0.4, 0.5) is 0 Å². The van der Waals surface area contributed by atoms with Gasteiger partial charge in [-0.15, -0.1) is 11.3 Å². The Morgan fingerprint density at radius 1 is 1.41 bits per heavy atom. The van der Waals surface area contributed by atoms with Crippen molar-refractivity contribution in [1.29, 1.82) is 0 Å². The van der Waals surface area contributed by atoms with Gasteiger partial charge >= 0.3 is 0 Å². The summed E-state index contributed by atoms with van der Waals surface area (Å²) in [4.78, 5) is 1.31. The molecule has 0 radical (unpaired) electrons. The Morgan fingerprint density at radius 3 is 2.94 bits per heavy atom. The SMILES string of the molecule is CC(NCc1cc(Br)ccc1O)c1cccs1. The van der Waals surface area contributed by atoms with Crippen molar-refractivity contribution in [1.82, 2.24) is 5.32 Å². The summed E-state index contributed by atoms with van der Waals surface area (Å²) in [6, 6.07) is 9.94. The lowest BCUT2D eigenvalue weighted by molar-refractivity contribution is 0.460. The van der Waals surface area contributed by atoms with Crippen LogP contribution in [0.2, 0.25) is 0 Å². The Hall–Kier alpha value is -0.840. The molecule has 1 atom stereocenters. The maximum Gasteiger partial charge on any atom is 0.120 e. The van der Waals surface area contributed by atoms with E-state index in [4.69, 9.17) is 0 Å². The summed E-state index contributed by atoms with van der Waals surface area (Å²) in [5, 5.41) is 15.2. The van der Waals surface area contributed by atoms with E-state index in [2.05, 4.69) is 45.7 Å². The molecule has 0 saturated heterocycles. The molecule has 1 heterocycles. The first-order valence-electron chi connectivity index (χ1n) is 5.41. The number of phenolic OH excluding ortho intramolecular Hbond substituents is 1. The molecule has 17 heavy (non-hydrogen) atoms. The third kappa shape index (κ3) is 3.31.